The Labute approximate surface area is 182 Å². The van der Waals surface area contributed by atoms with Gasteiger partial charge in [0.2, 0.25) is 15.9 Å². The van der Waals surface area contributed by atoms with Crippen LogP contribution in [0.4, 0.5) is 0 Å². The van der Waals surface area contributed by atoms with Crippen molar-refractivity contribution in [2.24, 2.45) is 0 Å². The second kappa shape index (κ2) is 11.1. The first-order chi connectivity index (χ1) is 14.3. The lowest BCUT2D eigenvalue weighted by molar-refractivity contribution is -0.121. The van der Waals surface area contributed by atoms with Gasteiger partial charge in [-0.3, -0.25) is 20.4 Å². The van der Waals surface area contributed by atoms with Gasteiger partial charge < -0.3 is 0 Å². The Bertz CT molecular complexity index is 974. The number of sulfonamides is 1. The molecule has 0 unspecified atom stereocenters. The van der Waals surface area contributed by atoms with Crippen LogP contribution in [0.1, 0.15) is 42.6 Å². The maximum Gasteiger partial charge on any atom is 0.269 e. The van der Waals surface area contributed by atoms with Crippen molar-refractivity contribution >= 4 is 33.4 Å². The van der Waals surface area contributed by atoms with Crippen LogP contribution >= 0.6 is 11.6 Å². The maximum absolute atomic E-state index is 12.6. The zero-order valence-electron chi connectivity index (χ0n) is 17.0. The quantitative estimate of drug-likeness (QED) is 0.572. The number of nitrogens with zero attached hydrogens (tertiary/aromatic N) is 1. The molecule has 0 radical (unpaired) electrons. The summed E-state index contributed by atoms with van der Waals surface area (Å²) in [4.78, 5) is 24.3. The second-order valence-electron chi connectivity index (χ2n) is 6.60. The molecule has 162 valence electrons. The van der Waals surface area contributed by atoms with Crippen molar-refractivity contribution in [1.82, 2.24) is 15.2 Å². The fraction of sp³-hybridized carbons (Fsp3) is 0.333. The third-order valence-corrected chi connectivity index (χ3v) is 6.84. The first-order valence-electron chi connectivity index (χ1n) is 9.71. The summed E-state index contributed by atoms with van der Waals surface area (Å²) in [7, 11) is -3.67. The van der Waals surface area contributed by atoms with E-state index in [-0.39, 0.29) is 22.8 Å². The van der Waals surface area contributed by atoms with Gasteiger partial charge in [-0.15, -0.1) is 0 Å². The van der Waals surface area contributed by atoms with E-state index in [0.29, 0.717) is 31.0 Å². The minimum Gasteiger partial charge on any atom is -0.273 e. The van der Waals surface area contributed by atoms with Crippen LogP contribution in [-0.2, 0) is 21.2 Å². The van der Waals surface area contributed by atoms with Crippen LogP contribution in [0.5, 0.6) is 0 Å². The molecule has 0 atom stereocenters. The molecule has 2 aromatic rings. The Morgan fingerprint density at radius 3 is 2.30 bits per heavy atom. The summed E-state index contributed by atoms with van der Waals surface area (Å²) in [5, 5.41) is 0.660. The molecule has 0 saturated heterocycles. The van der Waals surface area contributed by atoms with E-state index in [0.717, 1.165) is 5.56 Å². The molecule has 2 aromatic carbocycles. The molecule has 0 fully saturated rings. The molecule has 2 N–H and O–H groups in total. The van der Waals surface area contributed by atoms with Crippen molar-refractivity contribution in [3.05, 3.63) is 64.7 Å². The number of rotatable bonds is 9. The molecule has 7 nitrogen and oxygen atoms in total. The molecule has 0 aliphatic heterocycles. The number of amides is 2. The zero-order chi connectivity index (χ0) is 22.1. The predicted molar refractivity (Wildman–Crippen MR) is 117 cm³/mol. The minimum atomic E-state index is -3.67. The van der Waals surface area contributed by atoms with E-state index in [2.05, 4.69) is 10.9 Å². The summed E-state index contributed by atoms with van der Waals surface area (Å²) in [5.41, 5.74) is 5.90. The Morgan fingerprint density at radius 1 is 1.00 bits per heavy atom. The highest BCUT2D eigenvalue weighted by atomic mass is 35.5. The van der Waals surface area contributed by atoms with E-state index in [9.17, 15) is 18.0 Å². The van der Waals surface area contributed by atoms with Gasteiger partial charge >= 0.3 is 0 Å². The Morgan fingerprint density at radius 2 is 1.67 bits per heavy atom. The molecule has 2 rings (SSSR count). The molecular weight excluding hydrogens is 426 g/mol. The van der Waals surface area contributed by atoms with Crippen LogP contribution in [0, 0.1) is 0 Å². The highest BCUT2D eigenvalue weighted by Crippen LogP contribution is 2.17. The summed E-state index contributed by atoms with van der Waals surface area (Å²) < 4.78 is 26.5. The van der Waals surface area contributed by atoms with E-state index < -0.39 is 15.9 Å². The van der Waals surface area contributed by atoms with E-state index in [4.69, 9.17) is 11.6 Å². The fourth-order valence-corrected chi connectivity index (χ4v) is 4.51. The maximum atomic E-state index is 12.6. The van der Waals surface area contributed by atoms with Crippen molar-refractivity contribution in [1.29, 1.82) is 0 Å². The molecule has 0 spiro atoms. The summed E-state index contributed by atoms with van der Waals surface area (Å²) in [6, 6.07) is 13.1. The monoisotopic (exact) mass is 451 g/mol. The van der Waals surface area contributed by atoms with Gasteiger partial charge in [-0.05, 0) is 48.7 Å². The minimum absolute atomic E-state index is 0.0353. The molecule has 9 heteroatoms. The highest BCUT2D eigenvalue weighted by Gasteiger charge is 2.22. The second-order valence-corrected chi connectivity index (χ2v) is 8.97. The van der Waals surface area contributed by atoms with E-state index in [1.807, 2.05) is 12.1 Å². The number of benzene rings is 2. The van der Waals surface area contributed by atoms with Crippen LogP contribution in [0.3, 0.4) is 0 Å². The zero-order valence-corrected chi connectivity index (χ0v) is 18.6. The number of hydrazine groups is 1. The fourth-order valence-electron chi connectivity index (χ4n) is 2.88. The van der Waals surface area contributed by atoms with E-state index in [1.165, 1.54) is 28.6 Å². The number of nitrogens with one attached hydrogen (secondary N) is 2. The van der Waals surface area contributed by atoms with Gasteiger partial charge in [0, 0.05) is 30.1 Å². The van der Waals surface area contributed by atoms with Gasteiger partial charge in [-0.1, -0.05) is 43.6 Å². The lowest BCUT2D eigenvalue weighted by Gasteiger charge is -2.18. The number of carbonyl (C=O) groups is 2. The summed E-state index contributed by atoms with van der Waals surface area (Å²) in [6.45, 7) is 4.17. The van der Waals surface area contributed by atoms with Crippen LogP contribution in [-0.4, -0.2) is 37.6 Å². The standard InChI is InChI=1S/C21H26ClN3O4S/c1-3-25(4-2)30(28,29)19-9-6-8-17(15-19)21(27)24-23-20(26)10-5-7-16-11-13-18(22)14-12-16/h6,8-9,11-15H,3-5,7,10H2,1-2H3,(H,23,26)(H,24,27). The molecule has 2 amide bonds. The topological polar surface area (TPSA) is 95.6 Å². The molecular formula is C21H26ClN3O4S. The van der Waals surface area contributed by atoms with Crippen molar-refractivity contribution < 1.29 is 18.0 Å². The smallest absolute Gasteiger partial charge is 0.269 e. The lowest BCUT2D eigenvalue weighted by Crippen LogP contribution is -2.41. The molecule has 0 heterocycles. The first-order valence-corrected chi connectivity index (χ1v) is 11.5. The summed E-state index contributed by atoms with van der Waals surface area (Å²) in [6.07, 6.45) is 1.56. The van der Waals surface area contributed by atoms with Crippen molar-refractivity contribution in [3.63, 3.8) is 0 Å². The Balaban J connectivity index is 1.88. The first kappa shape index (κ1) is 23.9. The van der Waals surface area contributed by atoms with E-state index in [1.54, 1.807) is 26.0 Å². The van der Waals surface area contributed by atoms with Crippen molar-refractivity contribution in [2.45, 2.75) is 38.0 Å². The third-order valence-electron chi connectivity index (χ3n) is 4.54. The largest absolute Gasteiger partial charge is 0.273 e. The molecule has 0 aliphatic rings. The van der Waals surface area contributed by atoms with Gasteiger partial charge in [0.1, 0.15) is 0 Å². The number of halogens is 1. The highest BCUT2D eigenvalue weighted by molar-refractivity contribution is 7.89. The third kappa shape index (κ3) is 6.55. The van der Waals surface area contributed by atoms with Crippen molar-refractivity contribution in [2.75, 3.05) is 13.1 Å². The number of aryl methyl sites for hydroxylation is 1. The van der Waals surface area contributed by atoms with Gasteiger partial charge in [-0.2, -0.15) is 4.31 Å². The SMILES string of the molecule is CCN(CC)S(=O)(=O)c1cccc(C(=O)NNC(=O)CCCc2ccc(Cl)cc2)c1. The molecule has 30 heavy (non-hydrogen) atoms. The molecule has 0 aliphatic carbocycles. The Hall–Kier alpha value is -2.42. The lowest BCUT2D eigenvalue weighted by atomic mass is 10.1. The number of hydrogen-bond acceptors (Lipinski definition) is 4. The van der Waals surface area contributed by atoms with Gasteiger partial charge in [-0.25, -0.2) is 8.42 Å². The average Bonchev–Trinajstić information content (AvgIpc) is 2.74. The number of carbonyl (C=O) groups excluding carboxylic acids is 2. The summed E-state index contributed by atoms with van der Waals surface area (Å²) in [5.74, 6) is -0.915. The predicted octanol–water partition coefficient (Wildman–Crippen LogP) is 3.15. The molecule has 0 saturated carbocycles. The normalized spacial score (nSPS) is 11.3. The number of hydrogen-bond donors (Lipinski definition) is 2. The van der Waals surface area contributed by atoms with Crippen LogP contribution in [0.15, 0.2) is 53.4 Å². The van der Waals surface area contributed by atoms with Crippen LogP contribution in [0.2, 0.25) is 5.02 Å². The van der Waals surface area contributed by atoms with E-state index >= 15 is 0 Å². The Kier molecular flexibility index (Phi) is 8.83. The van der Waals surface area contributed by atoms with Gasteiger partial charge in [0.15, 0.2) is 0 Å². The van der Waals surface area contributed by atoms with Gasteiger partial charge in [0.25, 0.3) is 5.91 Å². The summed E-state index contributed by atoms with van der Waals surface area (Å²) >= 11 is 5.84. The van der Waals surface area contributed by atoms with Gasteiger partial charge in [0.05, 0.1) is 4.90 Å². The van der Waals surface area contributed by atoms with Crippen molar-refractivity contribution in [3.8, 4) is 0 Å². The average molecular weight is 452 g/mol. The van der Waals surface area contributed by atoms with Crippen LogP contribution < -0.4 is 10.9 Å². The molecule has 0 bridgehead atoms. The molecule has 0 aromatic heterocycles. The van der Waals surface area contributed by atoms with Crippen LogP contribution in [0.25, 0.3) is 0 Å².